The largest absolute Gasteiger partial charge is 0.433 e. The van der Waals surface area contributed by atoms with Gasteiger partial charge in [0, 0.05) is 26.2 Å². The molecule has 1 amide bonds. The van der Waals surface area contributed by atoms with Crippen molar-refractivity contribution in [2.24, 2.45) is 0 Å². The number of thiophene rings is 1. The van der Waals surface area contributed by atoms with Crippen LogP contribution in [0.3, 0.4) is 0 Å². The van der Waals surface area contributed by atoms with E-state index < -0.39 is 17.8 Å². The molecular weight excluding hydrogens is 443 g/mol. The van der Waals surface area contributed by atoms with Gasteiger partial charge in [-0.25, -0.2) is 9.50 Å². The van der Waals surface area contributed by atoms with Crippen LogP contribution < -0.4 is 5.32 Å². The highest BCUT2D eigenvalue weighted by Gasteiger charge is 2.36. The van der Waals surface area contributed by atoms with Crippen LogP contribution in [0.15, 0.2) is 23.6 Å². The first-order valence-corrected chi connectivity index (χ1v) is 10.4. The Hall–Kier alpha value is -2.21. The zero-order valence-electron chi connectivity index (χ0n) is 15.6. The zero-order chi connectivity index (χ0) is 21.3. The summed E-state index contributed by atoms with van der Waals surface area (Å²) >= 11 is 7.49. The SMILES string of the molecule is O=C(NCCN1CCOCC1)c1nn2c(C(F)(F)F)cc(-c3cccs3)nc2c1Cl. The molecule has 1 N–H and O–H groups in total. The number of hydrogen-bond donors (Lipinski definition) is 1. The van der Waals surface area contributed by atoms with Gasteiger partial charge in [-0.3, -0.25) is 9.69 Å². The lowest BCUT2D eigenvalue weighted by molar-refractivity contribution is -0.142. The molecule has 12 heteroatoms. The molecule has 4 rings (SSSR count). The topological polar surface area (TPSA) is 71.8 Å². The highest BCUT2D eigenvalue weighted by atomic mass is 35.5. The lowest BCUT2D eigenvalue weighted by atomic mass is 10.2. The molecule has 1 aliphatic heterocycles. The van der Waals surface area contributed by atoms with Crippen LogP contribution in [0.4, 0.5) is 13.2 Å². The van der Waals surface area contributed by atoms with E-state index in [1.807, 2.05) is 0 Å². The van der Waals surface area contributed by atoms with E-state index in [-0.39, 0.29) is 22.1 Å². The Balaban J connectivity index is 1.62. The minimum atomic E-state index is -4.70. The number of carbonyl (C=O) groups is 1. The number of morpholine rings is 1. The van der Waals surface area contributed by atoms with Crippen LogP contribution in [0.2, 0.25) is 5.02 Å². The van der Waals surface area contributed by atoms with Gasteiger partial charge in [-0.15, -0.1) is 11.3 Å². The molecule has 3 aromatic rings. The Kier molecular flexibility index (Phi) is 5.96. The van der Waals surface area contributed by atoms with E-state index in [4.69, 9.17) is 16.3 Å². The third-order valence-corrected chi connectivity index (χ3v) is 5.87. The van der Waals surface area contributed by atoms with E-state index in [1.165, 1.54) is 11.3 Å². The van der Waals surface area contributed by atoms with Crippen molar-refractivity contribution in [3.8, 4) is 10.6 Å². The van der Waals surface area contributed by atoms with Crippen molar-refractivity contribution in [3.63, 3.8) is 0 Å². The quantitative estimate of drug-likeness (QED) is 0.634. The molecule has 0 atom stereocenters. The monoisotopic (exact) mass is 459 g/mol. The molecule has 0 bridgehead atoms. The minimum absolute atomic E-state index is 0.117. The van der Waals surface area contributed by atoms with Crippen molar-refractivity contribution in [3.05, 3.63) is 40.0 Å². The average Bonchev–Trinajstić information content (AvgIpc) is 3.36. The van der Waals surface area contributed by atoms with Gasteiger partial charge in [0.2, 0.25) is 0 Å². The summed E-state index contributed by atoms with van der Waals surface area (Å²) in [4.78, 5) is 19.4. The standard InChI is InChI=1S/C18H17ClF3N5O2S/c19-14-15(17(28)23-3-4-26-5-7-29-8-6-26)25-27-13(18(20,21)22)10-11(24-16(14)27)12-2-1-9-30-12/h1-2,9-10H,3-8H2,(H,23,28). The first-order chi connectivity index (χ1) is 14.3. The van der Waals surface area contributed by atoms with Gasteiger partial charge in [-0.05, 0) is 17.5 Å². The van der Waals surface area contributed by atoms with Crippen LogP contribution >= 0.6 is 22.9 Å². The zero-order valence-corrected chi connectivity index (χ0v) is 17.1. The Morgan fingerprint density at radius 3 is 2.77 bits per heavy atom. The summed E-state index contributed by atoms with van der Waals surface area (Å²) in [5.41, 5.74) is -1.44. The molecule has 1 fully saturated rings. The van der Waals surface area contributed by atoms with Gasteiger partial charge in [0.25, 0.3) is 5.91 Å². The van der Waals surface area contributed by atoms with Crippen LogP contribution in [0, 0.1) is 0 Å². The second-order valence-corrected chi connectivity index (χ2v) is 7.94. The number of amides is 1. The fourth-order valence-corrected chi connectivity index (χ4v) is 4.06. The van der Waals surface area contributed by atoms with Crippen molar-refractivity contribution >= 4 is 34.5 Å². The third-order valence-electron chi connectivity index (χ3n) is 4.63. The molecule has 0 aliphatic carbocycles. The van der Waals surface area contributed by atoms with Crippen molar-refractivity contribution in [2.75, 3.05) is 39.4 Å². The number of alkyl halides is 3. The molecule has 7 nitrogen and oxygen atoms in total. The fourth-order valence-electron chi connectivity index (χ4n) is 3.13. The fraction of sp³-hybridized carbons (Fsp3) is 0.389. The predicted octanol–water partition coefficient (Wildman–Crippen LogP) is 3.19. The highest BCUT2D eigenvalue weighted by Crippen LogP contribution is 2.35. The minimum Gasteiger partial charge on any atom is -0.379 e. The summed E-state index contributed by atoms with van der Waals surface area (Å²) in [6.45, 7) is 3.68. The molecular formula is C18H17ClF3N5O2S. The molecule has 0 unspecified atom stereocenters. The van der Waals surface area contributed by atoms with E-state index in [2.05, 4.69) is 20.3 Å². The molecule has 160 valence electrons. The summed E-state index contributed by atoms with van der Waals surface area (Å²) in [7, 11) is 0. The molecule has 0 aromatic carbocycles. The van der Waals surface area contributed by atoms with Crippen LogP contribution in [0.5, 0.6) is 0 Å². The van der Waals surface area contributed by atoms with Gasteiger partial charge < -0.3 is 10.1 Å². The number of halogens is 4. The number of hydrogen-bond acceptors (Lipinski definition) is 6. The number of nitrogens with zero attached hydrogens (tertiary/aromatic N) is 4. The average molecular weight is 460 g/mol. The number of aromatic nitrogens is 3. The molecule has 1 aliphatic rings. The maximum Gasteiger partial charge on any atom is 0.433 e. The van der Waals surface area contributed by atoms with E-state index in [9.17, 15) is 18.0 Å². The van der Waals surface area contributed by atoms with Crippen LogP contribution in [-0.2, 0) is 10.9 Å². The number of fused-ring (bicyclic) bond motifs is 1. The second-order valence-electron chi connectivity index (χ2n) is 6.61. The summed E-state index contributed by atoms with van der Waals surface area (Å²) in [5, 5.41) is 8.00. The van der Waals surface area contributed by atoms with Crippen LogP contribution in [0.25, 0.3) is 16.2 Å². The molecule has 0 spiro atoms. The maximum atomic E-state index is 13.6. The van der Waals surface area contributed by atoms with E-state index in [0.717, 1.165) is 19.2 Å². The Morgan fingerprint density at radius 1 is 1.33 bits per heavy atom. The predicted molar refractivity (Wildman–Crippen MR) is 106 cm³/mol. The molecule has 0 saturated carbocycles. The van der Waals surface area contributed by atoms with Gasteiger partial charge >= 0.3 is 6.18 Å². The van der Waals surface area contributed by atoms with E-state index in [0.29, 0.717) is 35.7 Å². The van der Waals surface area contributed by atoms with Gasteiger partial charge in [0.15, 0.2) is 17.0 Å². The van der Waals surface area contributed by atoms with Gasteiger partial charge in [0.05, 0.1) is 23.8 Å². The van der Waals surface area contributed by atoms with Gasteiger partial charge in [-0.1, -0.05) is 17.7 Å². The smallest absolute Gasteiger partial charge is 0.379 e. The molecule has 30 heavy (non-hydrogen) atoms. The summed E-state index contributed by atoms with van der Waals surface area (Å²) < 4.78 is 46.8. The molecule has 4 heterocycles. The van der Waals surface area contributed by atoms with E-state index in [1.54, 1.807) is 17.5 Å². The first-order valence-electron chi connectivity index (χ1n) is 9.13. The van der Waals surface area contributed by atoms with Crippen LogP contribution in [0.1, 0.15) is 16.2 Å². The number of ether oxygens (including phenoxy) is 1. The normalized spacial score (nSPS) is 15.6. The lowest BCUT2D eigenvalue weighted by Gasteiger charge is -2.26. The number of rotatable bonds is 5. The third kappa shape index (κ3) is 4.29. The Bertz CT molecular complexity index is 1050. The Labute approximate surface area is 178 Å². The highest BCUT2D eigenvalue weighted by molar-refractivity contribution is 7.13. The molecule has 1 saturated heterocycles. The van der Waals surface area contributed by atoms with Crippen molar-refractivity contribution in [2.45, 2.75) is 6.18 Å². The molecule has 3 aromatic heterocycles. The summed E-state index contributed by atoms with van der Waals surface area (Å²) in [6, 6.07) is 4.28. The lowest BCUT2D eigenvalue weighted by Crippen LogP contribution is -2.41. The van der Waals surface area contributed by atoms with Gasteiger partial charge in [0.1, 0.15) is 5.02 Å². The maximum absolute atomic E-state index is 13.6. The van der Waals surface area contributed by atoms with Crippen molar-refractivity contribution < 1.29 is 22.7 Å². The molecule has 0 radical (unpaired) electrons. The van der Waals surface area contributed by atoms with Crippen molar-refractivity contribution in [1.82, 2.24) is 24.8 Å². The number of carbonyl (C=O) groups excluding carboxylic acids is 1. The summed E-state index contributed by atoms with van der Waals surface area (Å²) in [5.74, 6) is -0.649. The number of nitrogens with one attached hydrogen (secondary N) is 1. The van der Waals surface area contributed by atoms with Crippen molar-refractivity contribution in [1.29, 1.82) is 0 Å². The van der Waals surface area contributed by atoms with E-state index >= 15 is 0 Å². The first kappa shape index (κ1) is 21.0. The van der Waals surface area contributed by atoms with Crippen LogP contribution in [-0.4, -0.2) is 64.8 Å². The Morgan fingerprint density at radius 2 is 2.10 bits per heavy atom. The second kappa shape index (κ2) is 8.50. The summed E-state index contributed by atoms with van der Waals surface area (Å²) in [6.07, 6.45) is -4.70. The van der Waals surface area contributed by atoms with Gasteiger partial charge in [-0.2, -0.15) is 18.3 Å².